The fraction of sp³-hybridized carbons (Fsp3) is 0.500. The Morgan fingerprint density at radius 2 is 2.05 bits per heavy atom. The summed E-state index contributed by atoms with van der Waals surface area (Å²) in [4.78, 5) is 11.9. The Bertz CT molecular complexity index is 532. The molecular weight excluding hydrogens is 252 g/mol. The molecule has 0 saturated carbocycles. The van der Waals surface area contributed by atoms with Gasteiger partial charge in [-0.3, -0.25) is 4.79 Å². The zero-order valence-corrected chi connectivity index (χ0v) is 12.8. The van der Waals surface area contributed by atoms with Crippen LogP contribution in [0.15, 0.2) is 18.2 Å². The van der Waals surface area contributed by atoms with Gasteiger partial charge in [0.1, 0.15) is 11.3 Å². The number of benzene rings is 1. The molecule has 0 aliphatic rings. The van der Waals surface area contributed by atoms with Crippen LogP contribution in [0.1, 0.15) is 31.9 Å². The molecule has 0 aliphatic heterocycles. The number of carbonyl (C=O) groups excluding carboxylic acids is 1. The number of hydrogen-bond donors (Lipinski definition) is 1. The Hall–Kier alpha value is -2.02. The van der Waals surface area contributed by atoms with Crippen LogP contribution in [0.25, 0.3) is 0 Å². The normalized spacial score (nSPS) is 13.4. The summed E-state index contributed by atoms with van der Waals surface area (Å²) < 4.78 is 5.45. The van der Waals surface area contributed by atoms with E-state index in [9.17, 15) is 4.79 Å². The lowest BCUT2D eigenvalue weighted by molar-refractivity contribution is -0.124. The zero-order chi connectivity index (χ0) is 15.3. The van der Waals surface area contributed by atoms with E-state index in [1.807, 2.05) is 45.9 Å². The quantitative estimate of drug-likeness (QED) is 0.898. The van der Waals surface area contributed by atoms with Crippen molar-refractivity contribution in [1.82, 2.24) is 5.32 Å². The Kier molecular flexibility index (Phi) is 5.15. The van der Waals surface area contributed by atoms with Gasteiger partial charge in [-0.1, -0.05) is 19.9 Å². The highest BCUT2D eigenvalue weighted by atomic mass is 16.5. The minimum Gasteiger partial charge on any atom is -0.484 e. The first-order valence-corrected chi connectivity index (χ1v) is 6.71. The van der Waals surface area contributed by atoms with Gasteiger partial charge in [0.25, 0.3) is 5.91 Å². The molecule has 20 heavy (non-hydrogen) atoms. The third kappa shape index (κ3) is 3.99. The first-order chi connectivity index (χ1) is 9.28. The molecule has 4 nitrogen and oxygen atoms in total. The van der Waals surface area contributed by atoms with Gasteiger partial charge in [-0.2, -0.15) is 5.26 Å². The van der Waals surface area contributed by atoms with Gasteiger partial charge in [-0.25, -0.2) is 0 Å². The van der Waals surface area contributed by atoms with E-state index in [0.717, 1.165) is 5.56 Å². The second kappa shape index (κ2) is 6.42. The van der Waals surface area contributed by atoms with Gasteiger partial charge in [0, 0.05) is 0 Å². The predicted molar refractivity (Wildman–Crippen MR) is 78.4 cm³/mol. The molecule has 1 rings (SSSR count). The van der Waals surface area contributed by atoms with E-state index in [2.05, 4.69) is 11.4 Å². The molecule has 0 radical (unpaired) electrons. The number of amides is 1. The summed E-state index contributed by atoms with van der Waals surface area (Å²) in [7, 11) is 0. The molecule has 0 aliphatic carbocycles. The summed E-state index contributed by atoms with van der Waals surface area (Å²) in [6.45, 7) is 9.43. The molecule has 1 unspecified atom stereocenters. The third-order valence-corrected chi connectivity index (χ3v) is 3.63. The van der Waals surface area contributed by atoms with E-state index in [1.165, 1.54) is 5.56 Å². The zero-order valence-electron chi connectivity index (χ0n) is 12.8. The van der Waals surface area contributed by atoms with Crippen LogP contribution in [0.2, 0.25) is 0 Å². The van der Waals surface area contributed by atoms with Crippen LogP contribution in [0.3, 0.4) is 0 Å². The van der Waals surface area contributed by atoms with Gasteiger partial charge in [0.15, 0.2) is 6.61 Å². The van der Waals surface area contributed by atoms with Crippen molar-refractivity contribution in [2.75, 3.05) is 6.61 Å². The van der Waals surface area contributed by atoms with E-state index in [4.69, 9.17) is 10.00 Å². The Labute approximate surface area is 120 Å². The topological polar surface area (TPSA) is 62.1 Å². The highest BCUT2D eigenvalue weighted by Crippen LogP contribution is 2.17. The van der Waals surface area contributed by atoms with Crippen molar-refractivity contribution >= 4 is 5.91 Å². The van der Waals surface area contributed by atoms with E-state index in [1.54, 1.807) is 6.92 Å². The van der Waals surface area contributed by atoms with Crippen molar-refractivity contribution in [2.24, 2.45) is 5.92 Å². The lowest BCUT2D eigenvalue weighted by Crippen LogP contribution is -2.50. The van der Waals surface area contributed by atoms with Gasteiger partial charge < -0.3 is 10.1 Å². The van der Waals surface area contributed by atoms with E-state index in [0.29, 0.717) is 5.75 Å². The van der Waals surface area contributed by atoms with Gasteiger partial charge in [-0.05, 0) is 49.9 Å². The largest absolute Gasteiger partial charge is 0.484 e. The van der Waals surface area contributed by atoms with Crippen LogP contribution >= 0.6 is 0 Å². The first-order valence-electron chi connectivity index (χ1n) is 6.71. The maximum atomic E-state index is 11.9. The van der Waals surface area contributed by atoms with Crippen LogP contribution in [-0.2, 0) is 4.79 Å². The van der Waals surface area contributed by atoms with Crippen LogP contribution in [0.5, 0.6) is 5.75 Å². The van der Waals surface area contributed by atoms with Crippen LogP contribution in [-0.4, -0.2) is 18.1 Å². The molecule has 0 aromatic heterocycles. The SMILES string of the molecule is Cc1ccc(OCC(=O)NC(C)(C#N)C(C)C)cc1C. The Balaban J connectivity index is 2.60. The van der Waals surface area contributed by atoms with E-state index in [-0.39, 0.29) is 18.4 Å². The molecule has 1 amide bonds. The minimum absolute atomic E-state index is 0.0260. The fourth-order valence-electron chi connectivity index (χ4n) is 1.58. The number of nitrogens with zero attached hydrogens (tertiary/aromatic N) is 1. The van der Waals surface area contributed by atoms with Crippen molar-refractivity contribution < 1.29 is 9.53 Å². The minimum atomic E-state index is -0.871. The van der Waals surface area contributed by atoms with Crippen LogP contribution in [0.4, 0.5) is 0 Å². The van der Waals surface area contributed by atoms with Gasteiger partial charge >= 0.3 is 0 Å². The molecule has 0 spiro atoms. The number of aryl methyl sites for hydroxylation is 2. The maximum absolute atomic E-state index is 11.9. The van der Waals surface area contributed by atoms with Crippen molar-refractivity contribution in [3.8, 4) is 11.8 Å². The van der Waals surface area contributed by atoms with Crippen molar-refractivity contribution in [2.45, 2.75) is 40.2 Å². The van der Waals surface area contributed by atoms with Crippen molar-refractivity contribution in [1.29, 1.82) is 5.26 Å². The average Bonchev–Trinajstić information content (AvgIpc) is 2.39. The maximum Gasteiger partial charge on any atom is 0.259 e. The molecule has 1 aromatic rings. The van der Waals surface area contributed by atoms with E-state index < -0.39 is 5.54 Å². The van der Waals surface area contributed by atoms with Crippen LogP contribution < -0.4 is 10.1 Å². The highest BCUT2D eigenvalue weighted by molar-refractivity contribution is 5.78. The van der Waals surface area contributed by atoms with Gasteiger partial charge in [0.2, 0.25) is 0 Å². The average molecular weight is 274 g/mol. The lowest BCUT2D eigenvalue weighted by atomic mass is 9.90. The monoisotopic (exact) mass is 274 g/mol. The van der Waals surface area contributed by atoms with Gasteiger partial charge in [0.05, 0.1) is 6.07 Å². The second-order valence-corrected chi connectivity index (χ2v) is 5.55. The van der Waals surface area contributed by atoms with Gasteiger partial charge in [-0.15, -0.1) is 0 Å². The number of ether oxygens (including phenoxy) is 1. The molecule has 0 fully saturated rings. The standard InChI is InChI=1S/C16H22N2O2/c1-11(2)16(5,10-17)18-15(19)9-20-14-7-6-12(3)13(4)8-14/h6-8,11H,9H2,1-5H3,(H,18,19). The molecule has 0 heterocycles. The Morgan fingerprint density at radius 3 is 2.55 bits per heavy atom. The molecule has 4 heteroatoms. The number of nitriles is 1. The summed E-state index contributed by atoms with van der Waals surface area (Å²) >= 11 is 0. The third-order valence-electron chi connectivity index (χ3n) is 3.63. The number of carbonyl (C=O) groups is 1. The van der Waals surface area contributed by atoms with Crippen molar-refractivity contribution in [3.63, 3.8) is 0 Å². The van der Waals surface area contributed by atoms with E-state index >= 15 is 0 Å². The first kappa shape index (κ1) is 16.0. The smallest absolute Gasteiger partial charge is 0.259 e. The summed E-state index contributed by atoms with van der Waals surface area (Å²) in [5.41, 5.74) is 1.43. The molecule has 1 aromatic carbocycles. The fourth-order valence-corrected chi connectivity index (χ4v) is 1.58. The van der Waals surface area contributed by atoms with Crippen LogP contribution in [0, 0.1) is 31.1 Å². The molecule has 0 bridgehead atoms. The highest BCUT2D eigenvalue weighted by Gasteiger charge is 2.29. The summed E-state index contributed by atoms with van der Waals surface area (Å²) in [5.74, 6) is 0.394. The molecular formula is C16H22N2O2. The molecule has 1 N–H and O–H groups in total. The molecule has 108 valence electrons. The second-order valence-electron chi connectivity index (χ2n) is 5.55. The predicted octanol–water partition coefficient (Wildman–Crippen LogP) is 2.74. The number of nitrogens with one attached hydrogen (secondary N) is 1. The molecule has 1 atom stereocenters. The summed E-state index contributed by atoms with van der Waals surface area (Å²) in [6, 6.07) is 7.82. The lowest BCUT2D eigenvalue weighted by Gasteiger charge is -2.27. The Morgan fingerprint density at radius 1 is 1.40 bits per heavy atom. The number of hydrogen-bond acceptors (Lipinski definition) is 3. The summed E-state index contributed by atoms with van der Waals surface area (Å²) in [6.07, 6.45) is 0. The molecule has 0 saturated heterocycles. The van der Waals surface area contributed by atoms with Crippen molar-refractivity contribution in [3.05, 3.63) is 29.3 Å². The summed E-state index contributed by atoms with van der Waals surface area (Å²) in [5, 5.41) is 11.9. The number of rotatable bonds is 5.